The topological polar surface area (TPSA) is 26.3 Å². The van der Waals surface area contributed by atoms with Gasteiger partial charge in [-0.25, -0.2) is 4.79 Å². The van der Waals surface area contributed by atoms with Crippen molar-refractivity contribution >= 4 is 38.6 Å². The highest BCUT2D eigenvalue weighted by atomic mass is 32.2. The highest BCUT2D eigenvalue weighted by Crippen LogP contribution is 2.32. The Morgan fingerprint density at radius 2 is 1.48 bits per heavy atom. The van der Waals surface area contributed by atoms with Crippen LogP contribution in [-0.2, 0) is 10.5 Å². The molecule has 0 bridgehead atoms. The van der Waals surface area contributed by atoms with Gasteiger partial charge in [-0.3, -0.25) is 0 Å². The predicted molar refractivity (Wildman–Crippen MR) is 99.0 cm³/mol. The molecule has 0 saturated carbocycles. The molecule has 0 aromatic heterocycles. The normalized spacial score (nSPS) is 11.8. The van der Waals surface area contributed by atoms with Crippen LogP contribution in [0.15, 0.2) is 54.6 Å². The Labute approximate surface area is 140 Å². The summed E-state index contributed by atoms with van der Waals surface area (Å²) in [5.74, 6) is 0.608. The number of hydrogen-bond acceptors (Lipinski definition) is 3. The molecule has 3 aromatic rings. The minimum absolute atomic E-state index is 0.227. The number of fused-ring (bicyclic) bond motifs is 2. The summed E-state index contributed by atoms with van der Waals surface area (Å²) in [5, 5.41) is 4.57. The fourth-order valence-corrected chi connectivity index (χ4v) is 3.56. The molecule has 0 spiro atoms. The fourth-order valence-electron chi connectivity index (χ4n) is 2.67. The summed E-state index contributed by atoms with van der Waals surface area (Å²) in [7, 11) is 0. The van der Waals surface area contributed by atoms with E-state index < -0.39 is 5.60 Å². The van der Waals surface area contributed by atoms with Gasteiger partial charge >= 0.3 is 5.30 Å². The summed E-state index contributed by atoms with van der Waals surface area (Å²) >= 11 is 1.22. The lowest BCUT2D eigenvalue weighted by molar-refractivity contribution is 0.0738. The summed E-state index contributed by atoms with van der Waals surface area (Å²) in [6, 6.07) is 18.8. The average molecular weight is 324 g/mol. The second-order valence-electron chi connectivity index (χ2n) is 6.55. The lowest BCUT2D eigenvalue weighted by Gasteiger charge is -2.19. The van der Waals surface area contributed by atoms with Crippen LogP contribution in [0.3, 0.4) is 0 Å². The molecule has 0 radical (unpaired) electrons. The van der Waals surface area contributed by atoms with Crippen LogP contribution in [0.1, 0.15) is 26.3 Å². The zero-order valence-corrected chi connectivity index (χ0v) is 14.4. The molecular weight excluding hydrogens is 304 g/mol. The van der Waals surface area contributed by atoms with Gasteiger partial charge in [0, 0.05) is 5.75 Å². The average Bonchev–Trinajstić information content (AvgIpc) is 2.49. The maximum Gasteiger partial charge on any atom is 0.368 e. The van der Waals surface area contributed by atoms with E-state index in [1.807, 2.05) is 45.0 Å². The summed E-state index contributed by atoms with van der Waals surface area (Å²) in [4.78, 5) is 12.0. The third-order valence-electron chi connectivity index (χ3n) is 3.61. The molecular formula is C20H20O2S. The number of benzene rings is 3. The van der Waals surface area contributed by atoms with E-state index in [4.69, 9.17) is 4.74 Å². The monoisotopic (exact) mass is 324 g/mol. The van der Waals surface area contributed by atoms with E-state index in [9.17, 15) is 4.79 Å². The minimum Gasteiger partial charge on any atom is -0.452 e. The standard InChI is InChI=1S/C20H20O2S/c1-20(2,3)22-19(21)23-13-18-16-10-6-4-8-14(16)12-15-9-5-7-11-17(15)18/h4-12H,13H2,1-3H3. The van der Waals surface area contributed by atoms with Crippen LogP contribution in [0.4, 0.5) is 4.79 Å². The van der Waals surface area contributed by atoms with E-state index in [1.165, 1.54) is 38.9 Å². The lowest BCUT2D eigenvalue weighted by Crippen LogP contribution is -2.21. The fraction of sp³-hybridized carbons (Fsp3) is 0.250. The van der Waals surface area contributed by atoms with Crippen molar-refractivity contribution in [1.29, 1.82) is 0 Å². The summed E-state index contributed by atoms with van der Waals surface area (Å²) < 4.78 is 5.41. The van der Waals surface area contributed by atoms with Crippen LogP contribution in [0.2, 0.25) is 0 Å². The molecule has 0 atom stereocenters. The number of hydrogen-bond donors (Lipinski definition) is 0. The summed E-state index contributed by atoms with van der Waals surface area (Å²) in [5.41, 5.74) is 0.736. The molecule has 0 aliphatic rings. The third-order valence-corrected chi connectivity index (χ3v) is 4.36. The van der Waals surface area contributed by atoms with Crippen LogP contribution in [0, 0.1) is 0 Å². The summed E-state index contributed by atoms with van der Waals surface area (Å²) in [6.07, 6.45) is 0. The molecule has 3 rings (SSSR count). The van der Waals surface area contributed by atoms with Gasteiger partial charge in [0.1, 0.15) is 5.60 Å². The van der Waals surface area contributed by atoms with Crippen molar-refractivity contribution in [3.05, 3.63) is 60.2 Å². The van der Waals surface area contributed by atoms with E-state index in [0.29, 0.717) is 5.75 Å². The Morgan fingerprint density at radius 1 is 0.957 bits per heavy atom. The molecule has 0 fully saturated rings. The molecule has 0 aliphatic heterocycles. The number of carbonyl (C=O) groups excluding carboxylic acids is 1. The zero-order valence-electron chi connectivity index (χ0n) is 13.6. The molecule has 23 heavy (non-hydrogen) atoms. The van der Waals surface area contributed by atoms with Crippen molar-refractivity contribution in [1.82, 2.24) is 0 Å². The lowest BCUT2D eigenvalue weighted by atomic mass is 9.98. The quantitative estimate of drug-likeness (QED) is 0.417. The van der Waals surface area contributed by atoms with Crippen LogP contribution >= 0.6 is 11.8 Å². The van der Waals surface area contributed by atoms with Gasteiger partial charge in [-0.15, -0.1) is 0 Å². The van der Waals surface area contributed by atoms with Crippen molar-refractivity contribution in [2.24, 2.45) is 0 Å². The first-order valence-corrected chi connectivity index (χ1v) is 8.68. The highest BCUT2D eigenvalue weighted by Gasteiger charge is 2.17. The van der Waals surface area contributed by atoms with Crippen molar-refractivity contribution in [2.75, 3.05) is 0 Å². The van der Waals surface area contributed by atoms with Crippen molar-refractivity contribution in [3.63, 3.8) is 0 Å². The Kier molecular flexibility index (Phi) is 4.31. The molecule has 0 saturated heterocycles. The Balaban J connectivity index is 1.99. The summed E-state index contributed by atoms with van der Waals surface area (Å²) in [6.45, 7) is 5.66. The van der Waals surface area contributed by atoms with Crippen molar-refractivity contribution < 1.29 is 9.53 Å². The minimum atomic E-state index is -0.453. The van der Waals surface area contributed by atoms with E-state index in [1.54, 1.807) is 0 Å². The molecule has 0 heterocycles. The number of carbonyl (C=O) groups is 1. The Bertz CT molecular complexity index is 808. The van der Waals surface area contributed by atoms with Crippen molar-refractivity contribution in [2.45, 2.75) is 32.1 Å². The molecule has 2 nitrogen and oxygen atoms in total. The first kappa shape index (κ1) is 15.9. The van der Waals surface area contributed by atoms with Gasteiger partial charge in [-0.2, -0.15) is 0 Å². The second-order valence-corrected chi connectivity index (χ2v) is 7.46. The Morgan fingerprint density at radius 3 is 2.00 bits per heavy atom. The highest BCUT2D eigenvalue weighted by molar-refractivity contribution is 8.12. The van der Waals surface area contributed by atoms with Crippen LogP contribution < -0.4 is 0 Å². The van der Waals surface area contributed by atoms with Crippen LogP contribution in [0.5, 0.6) is 0 Å². The zero-order chi connectivity index (χ0) is 16.4. The Hall–Kier alpha value is -2.00. The van der Waals surface area contributed by atoms with Gasteiger partial charge in [0.05, 0.1) is 0 Å². The largest absolute Gasteiger partial charge is 0.452 e. The number of thioether (sulfide) groups is 1. The maximum atomic E-state index is 12.0. The molecule has 118 valence electrons. The molecule has 0 N–H and O–H groups in total. The van der Waals surface area contributed by atoms with E-state index in [0.717, 1.165) is 0 Å². The van der Waals surface area contributed by atoms with Gasteiger partial charge in [0.25, 0.3) is 0 Å². The molecule has 0 unspecified atom stereocenters. The van der Waals surface area contributed by atoms with Gasteiger partial charge in [-0.05, 0) is 65.7 Å². The van der Waals surface area contributed by atoms with Crippen molar-refractivity contribution in [3.8, 4) is 0 Å². The first-order chi connectivity index (χ1) is 10.9. The smallest absolute Gasteiger partial charge is 0.368 e. The maximum absolute atomic E-state index is 12.0. The van der Waals surface area contributed by atoms with Gasteiger partial charge in [0.15, 0.2) is 0 Å². The molecule has 3 heteroatoms. The van der Waals surface area contributed by atoms with Crippen LogP contribution in [-0.4, -0.2) is 10.9 Å². The van der Waals surface area contributed by atoms with E-state index in [2.05, 4.69) is 30.3 Å². The second kappa shape index (κ2) is 6.25. The van der Waals surface area contributed by atoms with Gasteiger partial charge in [-0.1, -0.05) is 48.5 Å². The number of ether oxygens (including phenoxy) is 1. The number of rotatable bonds is 2. The molecule has 0 amide bonds. The first-order valence-electron chi connectivity index (χ1n) is 7.69. The predicted octanol–water partition coefficient (Wildman–Crippen LogP) is 6.16. The van der Waals surface area contributed by atoms with E-state index in [-0.39, 0.29) is 5.30 Å². The van der Waals surface area contributed by atoms with Gasteiger partial charge in [0.2, 0.25) is 0 Å². The molecule has 0 aliphatic carbocycles. The van der Waals surface area contributed by atoms with Gasteiger partial charge < -0.3 is 4.74 Å². The molecule has 3 aromatic carbocycles. The van der Waals surface area contributed by atoms with Crippen LogP contribution in [0.25, 0.3) is 21.5 Å². The SMILES string of the molecule is CC(C)(C)OC(=O)SCc1c2ccccc2cc2ccccc12. The van der Waals surface area contributed by atoms with E-state index >= 15 is 0 Å². The third kappa shape index (κ3) is 3.67.